The monoisotopic (exact) mass is 450 g/mol. The molecule has 0 aromatic heterocycles. The fourth-order valence-electron chi connectivity index (χ4n) is 2.65. The molecule has 1 aliphatic heterocycles. The minimum absolute atomic E-state index is 0.312. The van der Waals surface area contributed by atoms with Gasteiger partial charge >= 0.3 is 0 Å². The van der Waals surface area contributed by atoms with Gasteiger partial charge in [0.1, 0.15) is 10.4 Å². The summed E-state index contributed by atoms with van der Waals surface area (Å²) in [6.45, 7) is 3.55. The Morgan fingerprint density at radius 2 is 1.93 bits per heavy atom. The maximum absolute atomic E-state index is 12.9. The first-order valence-corrected chi connectivity index (χ1v) is 10.3. The van der Waals surface area contributed by atoms with E-state index in [2.05, 4.69) is 5.32 Å². The fourth-order valence-corrected chi connectivity index (χ4v) is 4.43. The second-order valence-corrected chi connectivity index (χ2v) is 8.64. The summed E-state index contributed by atoms with van der Waals surface area (Å²) in [4.78, 5) is 27.3. The number of anilines is 1. The highest BCUT2D eigenvalue weighted by molar-refractivity contribution is 8.26. The molecule has 0 bridgehead atoms. The number of hydrogen-bond donors (Lipinski definition) is 1. The highest BCUT2D eigenvalue weighted by atomic mass is 35.5. The minimum atomic E-state index is -0.757. The van der Waals surface area contributed by atoms with E-state index in [1.807, 2.05) is 31.2 Å². The lowest BCUT2D eigenvalue weighted by atomic mass is 10.1. The number of nitrogens with zero attached hydrogens (tertiary/aromatic N) is 1. The third-order valence-electron chi connectivity index (χ3n) is 4.26. The summed E-state index contributed by atoms with van der Waals surface area (Å²) < 4.78 is 0.321. The van der Waals surface area contributed by atoms with E-state index in [0.29, 0.717) is 30.5 Å². The predicted molar refractivity (Wildman–Crippen MR) is 121 cm³/mol. The highest BCUT2D eigenvalue weighted by Crippen LogP contribution is 2.36. The van der Waals surface area contributed by atoms with Crippen molar-refractivity contribution in [1.82, 2.24) is 4.90 Å². The van der Waals surface area contributed by atoms with Gasteiger partial charge in [0.05, 0.1) is 15.0 Å². The Kier molecular flexibility index (Phi) is 6.45. The lowest BCUT2D eigenvalue weighted by molar-refractivity contribution is -0.129. The molecule has 1 unspecified atom stereocenters. The van der Waals surface area contributed by atoms with E-state index < -0.39 is 6.04 Å². The second kappa shape index (κ2) is 8.66. The van der Waals surface area contributed by atoms with Crippen molar-refractivity contribution in [1.29, 1.82) is 0 Å². The molecule has 1 N–H and O–H groups in total. The van der Waals surface area contributed by atoms with Crippen LogP contribution in [0.5, 0.6) is 0 Å². The van der Waals surface area contributed by atoms with Gasteiger partial charge in [-0.25, -0.2) is 0 Å². The molecule has 0 saturated carbocycles. The lowest BCUT2D eigenvalue weighted by Crippen LogP contribution is -2.44. The van der Waals surface area contributed by atoms with Gasteiger partial charge in [-0.15, -0.1) is 0 Å². The topological polar surface area (TPSA) is 49.4 Å². The van der Waals surface area contributed by atoms with Crippen LogP contribution in [-0.4, -0.2) is 27.1 Å². The Morgan fingerprint density at radius 1 is 1.21 bits per heavy atom. The van der Waals surface area contributed by atoms with Crippen LogP contribution in [0.2, 0.25) is 10.0 Å². The standard InChI is InChI=1S/C20H16Cl2N2O2S2/c1-11-6-3-4-9-15(11)23-18(25)12(2)24-19(26)16(28-20(24)27)10-13-7-5-8-14(21)17(13)22/h3-10,12H,1-2H3,(H,23,25)/b16-10-. The molecule has 2 aromatic rings. The van der Waals surface area contributed by atoms with Crippen LogP contribution in [0.25, 0.3) is 6.08 Å². The molecule has 3 rings (SSSR count). The molecule has 1 atom stereocenters. The molecule has 2 aromatic carbocycles. The fraction of sp³-hybridized carbons (Fsp3) is 0.150. The molecular weight excluding hydrogens is 435 g/mol. The zero-order valence-electron chi connectivity index (χ0n) is 15.0. The molecule has 2 amide bonds. The Labute approximate surface area is 182 Å². The van der Waals surface area contributed by atoms with Crippen molar-refractivity contribution in [3.05, 3.63) is 68.5 Å². The van der Waals surface area contributed by atoms with Crippen molar-refractivity contribution >= 4 is 75.1 Å². The number of amides is 2. The first-order chi connectivity index (χ1) is 13.3. The van der Waals surface area contributed by atoms with Gasteiger partial charge < -0.3 is 5.32 Å². The zero-order valence-corrected chi connectivity index (χ0v) is 18.2. The van der Waals surface area contributed by atoms with Gasteiger partial charge in [0.2, 0.25) is 5.91 Å². The van der Waals surface area contributed by atoms with Gasteiger partial charge in [0, 0.05) is 5.69 Å². The summed E-state index contributed by atoms with van der Waals surface area (Å²) in [5.41, 5.74) is 2.25. The summed E-state index contributed by atoms with van der Waals surface area (Å²) in [5.74, 6) is -0.647. The first kappa shape index (κ1) is 20.9. The van der Waals surface area contributed by atoms with E-state index in [4.69, 9.17) is 35.4 Å². The summed E-state index contributed by atoms with van der Waals surface area (Å²) >= 11 is 18.7. The van der Waals surface area contributed by atoms with Gasteiger partial charge in [-0.3, -0.25) is 14.5 Å². The number of carbonyl (C=O) groups excluding carboxylic acids is 2. The minimum Gasteiger partial charge on any atom is -0.324 e. The number of thiocarbonyl (C=S) groups is 1. The molecule has 28 heavy (non-hydrogen) atoms. The summed E-state index contributed by atoms with van der Waals surface area (Å²) in [7, 11) is 0. The highest BCUT2D eigenvalue weighted by Gasteiger charge is 2.38. The first-order valence-electron chi connectivity index (χ1n) is 8.37. The number of carbonyl (C=O) groups is 2. The van der Waals surface area contributed by atoms with Gasteiger partial charge in [0.15, 0.2) is 0 Å². The van der Waals surface area contributed by atoms with E-state index >= 15 is 0 Å². The number of nitrogens with one attached hydrogen (secondary N) is 1. The van der Waals surface area contributed by atoms with Crippen molar-refractivity contribution in [2.45, 2.75) is 19.9 Å². The van der Waals surface area contributed by atoms with E-state index in [-0.39, 0.29) is 11.8 Å². The number of halogens is 2. The quantitative estimate of drug-likeness (QED) is 0.491. The molecule has 0 spiro atoms. The van der Waals surface area contributed by atoms with Gasteiger partial charge in [-0.05, 0) is 43.2 Å². The molecule has 144 valence electrons. The third-order valence-corrected chi connectivity index (χ3v) is 6.43. The summed E-state index contributed by atoms with van der Waals surface area (Å²) in [5, 5.41) is 3.61. The largest absolute Gasteiger partial charge is 0.324 e. The average Bonchev–Trinajstić information content (AvgIpc) is 2.93. The van der Waals surface area contributed by atoms with Gasteiger partial charge in [0.25, 0.3) is 5.91 Å². The molecule has 8 heteroatoms. The van der Waals surface area contributed by atoms with Crippen LogP contribution >= 0.6 is 47.2 Å². The van der Waals surface area contributed by atoms with Crippen molar-refractivity contribution < 1.29 is 9.59 Å². The second-order valence-electron chi connectivity index (χ2n) is 6.17. The Morgan fingerprint density at radius 3 is 2.64 bits per heavy atom. The van der Waals surface area contributed by atoms with Crippen LogP contribution in [0.4, 0.5) is 5.69 Å². The smallest absolute Gasteiger partial charge is 0.266 e. The van der Waals surface area contributed by atoms with Crippen LogP contribution in [-0.2, 0) is 9.59 Å². The normalized spacial score (nSPS) is 16.6. The van der Waals surface area contributed by atoms with E-state index in [9.17, 15) is 9.59 Å². The molecule has 1 saturated heterocycles. The van der Waals surface area contributed by atoms with E-state index in [0.717, 1.165) is 17.3 Å². The third kappa shape index (κ3) is 4.25. The van der Waals surface area contributed by atoms with Crippen molar-refractivity contribution in [2.75, 3.05) is 5.32 Å². The van der Waals surface area contributed by atoms with Crippen LogP contribution in [0.3, 0.4) is 0 Å². The summed E-state index contributed by atoms with van der Waals surface area (Å²) in [6, 6.07) is 11.9. The lowest BCUT2D eigenvalue weighted by Gasteiger charge is -2.22. The Bertz CT molecular complexity index is 1010. The maximum Gasteiger partial charge on any atom is 0.266 e. The average molecular weight is 451 g/mol. The van der Waals surface area contributed by atoms with Gasteiger partial charge in [-0.1, -0.05) is 77.5 Å². The Balaban J connectivity index is 1.81. The number of rotatable bonds is 4. The maximum atomic E-state index is 12.9. The zero-order chi connectivity index (χ0) is 20.4. The number of aryl methyl sites for hydroxylation is 1. The van der Waals surface area contributed by atoms with Crippen molar-refractivity contribution in [2.24, 2.45) is 0 Å². The number of para-hydroxylation sites is 1. The van der Waals surface area contributed by atoms with Crippen LogP contribution in [0.1, 0.15) is 18.1 Å². The van der Waals surface area contributed by atoms with Crippen molar-refractivity contribution in [3.63, 3.8) is 0 Å². The molecule has 0 aliphatic carbocycles. The van der Waals surface area contributed by atoms with E-state index in [1.54, 1.807) is 31.2 Å². The molecule has 0 radical (unpaired) electrons. The molecule has 1 fully saturated rings. The molecule has 1 heterocycles. The number of thioether (sulfide) groups is 1. The SMILES string of the molecule is Cc1ccccc1NC(=O)C(C)N1C(=O)/C(=C/c2cccc(Cl)c2Cl)SC1=S. The summed E-state index contributed by atoms with van der Waals surface area (Å²) in [6.07, 6.45) is 1.64. The Hall–Kier alpha value is -1.86. The molecule has 1 aliphatic rings. The van der Waals surface area contributed by atoms with Crippen LogP contribution in [0.15, 0.2) is 47.4 Å². The molecular formula is C20H16Cl2N2O2S2. The van der Waals surface area contributed by atoms with Crippen molar-refractivity contribution in [3.8, 4) is 0 Å². The number of benzene rings is 2. The van der Waals surface area contributed by atoms with Gasteiger partial charge in [-0.2, -0.15) is 0 Å². The van der Waals surface area contributed by atoms with Crippen LogP contribution < -0.4 is 5.32 Å². The number of hydrogen-bond acceptors (Lipinski definition) is 4. The molecule has 4 nitrogen and oxygen atoms in total. The van der Waals surface area contributed by atoms with Crippen LogP contribution in [0, 0.1) is 6.92 Å². The predicted octanol–water partition coefficient (Wildman–Crippen LogP) is 5.53. The van der Waals surface area contributed by atoms with E-state index in [1.165, 1.54) is 4.90 Å².